The van der Waals surface area contributed by atoms with Gasteiger partial charge in [0.1, 0.15) is 0 Å². The number of thiophene rings is 1. The Balaban J connectivity index is 1.03. The number of anilines is 1. The molecule has 0 saturated carbocycles. The van der Waals surface area contributed by atoms with Crippen LogP contribution in [0.4, 0.5) is 5.69 Å². The van der Waals surface area contributed by atoms with Crippen molar-refractivity contribution in [3.63, 3.8) is 0 Å². The summed E-state index contributed by atoms with van der Waals surface area (Å²) in [6.07, 6.45) is 4.60. The van der Waals surface area contributed by atoms with Gasteiger partial charge in [0, 0.05) is 43.6 Å². The standard InChI is InChI=1S/C46H34N2S/c1-46(2)38-13-6-4-11-34(38)35-21-17-32(27-39(35)46)40-22-18-28-15-16-29-19-23-41(48(3)45(29)44(28)47-40)33-10-8-9-30(25-33)31-20-24-43-37(26-31)36-12-5-7-14-42(36)49-43/h4-27,41H,1-3H3. The summed E-state index contributed by atoms with van der Waals surface area (Å²) in [5, 5.41) is 3.82. The van der Waals surface area contributed by atoms with E-state index in [0.29, 0.717) is 0 Å². The van der Waals surface area contributed by atoms with Crippen LogP contribution in [0.1, 0.15) is 42.1 Å². The molecule has 1 unspecified atom stereocenters. The molecule has 0 radical (unpaired) electrons. The van der Waals surface area contributed by atoms with E-state index in [9.17, 15) is 0 Å². The van der Waals surface area contributed by atoms with Crippen LogP contribution < -0.4 is 4.90 Å². The first-order valence-electron chi connectivity index (χ1n) is 17.1. The lowest BCUT2D eigenvalue weighted by molar-refractivity contribution is 0.660. The molecular weight excluding hydrogens is 613 g/mol. The average Bonchev–Trinajstić information content (AvgIpc) is 3.63. The van der Waals surface area contributed by atoms with E-state index < -0.39 is 0 Å². The molecule has 2 aromatic heterocycles. The second-order valence-corrected chi connectivity index (χ2v) is 15.1. The van der Waals surface area contributed by atoms with Crippen molar-refractivity contribution in [3.8, 4) is 33.5 Å². The Morgan fingerprint density at radius 2 is 1.41 bits per heavy atom. The molecule has 0 fully saturated rings. The lowest BCUT2D eigenvalue weighted by Crippen LogP contribution is -2.26. The molecule has 49 heavy (non-hydrogen) atoms. The smallest absolute Gasteiger partial charge is 0.0949 e. The second kappa shape index (κ2) is 10.5. The first kappa shape index (κ1) is 28.5. The topological polar surface area (TPSA) is 16.1 Å². The lowest BCUT2D eigenvalue weighted by Gasteiger charge is -2.33. The summed E-state index contributed by atoms with van der Waals surface area (Å²) in [5.74, 6) is 0. The number of hydrogen-bond donors (Lipinski definition) is 0. The molecule has 3 heterocycles. The van der Waals surface area contributed by atoms with E-state index in [1.165, 1.54) is 70.4 Å². The zero-order valence-corrected chi connectivity index (χ0v) is 28.6. The molecule has 1 aliphatic carbocycles. The van der Waals surface area contributed by atoms with Gasteiger partial charge in [-0.1, -0.05) is 123 Å². The minimum Gasteiger partial charge on any atom is -0.362 e. The van der Waals surface area contributed by atoms with Gasteiger partial charge in [0.25, 0.3) is 0 Å². The highest BCUT2D eigenvalue weighted by atomic mass is 32.1. The molecule has 6 aromatic carbocycles. The monoisotopic (exact) mass is 646 g/mol. The van der Waals surface area contributed by atoms with Gasteiger partial charge in [-0.3, -0.25) is 0 Å². The first-order valence-corrected chi connectivity index (χ1v) is 17.9. The first-order chi connectivity index (χ1) is 23.9. The van der Waals surface area contributed by atoms with E-state index in [0.717, 1.165) is 22.2 Å². The molecular formula is C46H34N2S. The summed E-state index contributed by atoms with van der Waals surface area (Å²) in [4.78, 5) is 7.81. The summed E-state index contributed by atoms with van der Waals surface area (Å²) in [6.45, 7) is 4.68. The Labute approximate surface area is 290 Å². The van der Waals surface area contributed by atoms with Crippen LogP contribution in [0.15, 0.2) is 140 Å². The van der Waals surface area contributed by atoms with Gasteiger partial charge in [-0.25, -0.2) is 4.98 Å². The van der Waals surface area contributed by atoms with Gasteiger partial charge in [0.2, 0.25) is 0 Å². The van der Waals surface area contributed by atoms with Crippen molar-refractivity contribution in [1.82, 2.24) is 4.98 Å². The Hall–Kier alpha value is -5.51. The Bertz CT molecular complexity index is 2680. The number of nitrogens with zero attached hydrogens (tertiary/aromatic N) is 2. The Morgan fingerprint density at radius 1 is 0.633 bits per heavy atom. The molecule has 234 valence electrons. The average molecular weight is 647 g/mol. The largest absolute Gasteiger partial charge is 0.362 e. The molecule has 2 aliphatic rings. The molecule has 0 N–H and O–H groups in total. The Kier molecular flexibility index (Phi) is 6.10. The van der Waals surface area contributed by atoms with Crippen LogP contribution in [0.2, 0.25) is 0 Å². The summed E-state index contributed by atoms with van der Waals surface area (Å²) in [6, 6.07) is 49.4. The van der Waals surface area contributed by atoms with Gasteiger partial charge < -0.3 is 4.90 Å². The normalized spacial score (nSPS) is 15.9. The zero-order valence-electron chi connectivity index (χ0n) is 27.7. The van der Waals surface area contributed by atoms with Crippen LogP contribution in [0.3, 0.4) is 0 Å². The van der Waals surface area contributed by atoms with Crippen molar-refractivity contribution in [1.29, 1.82) is 0 Å². The molecule has 0 amide bonds. The van der Waals surface area contributed by atoms with Crippen LogP contribution in [0, 0.1) is 0 Å². The highest BCUT2D eigenvalue weighted by Gasteiger charge is 2.35. The van der Waals surface area contributed by atoms with Crippen LogP contribution in [0.25, 0.3) is 70.7 Å². The minimum absolute atomic E-state index is 0.0476. The predicted octanol–water partition coefficient (Wildman–Crippen LogP) is 12.4. The van der Waals surface area contributed by atoms with Crippen molar-refractivity contribution in [3.05, 3.63) is 162 Å². The molecule has 0 spiro atoms. The van der Waals surface area contributed by atoms with Gasteiger partial charge in [0.05, 0.1) is 22.9 Å². The third-order valence-corrected chi connectivity index (χ3v) is 12.1. The van der Waals surface area contributed by atoms with Crippen molar-refractivity contribution in [2.75, 3.05) is 11.9 Å². The van der Waals surface area contributed by atoms with Crippen LogP contribution >= 0.6 is 11.3 Å². The fourth-order valence-corrected chi connectivity index (χ4v) is 9.41. The molecule has 2 nitrogen and oxygen atoms in total. The summed E-state index contributed by atoms with van der Waals surface area (Å²) >= 11 is 1.87. The van der Waals surface area contributed by atoms with Gasteiger partial charge in [0.15, 0.2) is 0 Å². The molecule has 0 bridgehead atoms. The second-order valence-electron chi connectivity index (χ2n) is 14.1. The Morgan fingerprint density at radius 3 is 2.35 bits per heavy atom. The lowest BCUT2D eigenvalue weighted by atomic mass is 9.82. The number of aromatic nitrogens is 1. The van der Waals surface area contributed by atoms with E-state index in [-0.39, 0.29) is 11.5 Å². The van der Waals surface area contributed by atoms with Gasteiger partial charge in [-0.2, -0.15) is 0 Å². The van der Waals surface area contributed by atoms with Crippen LogP contribution in [-0.2, 0) is 5.41 Å². The molecule has 1 atom stereocenters. The van der Waals surface area contributed by atoms with E-state index in [1.54, 1.807) is 0 Å². The maximum atomic E-state index is 5.40. The quantitative estimate of drug-likeness (QED) is 0.190. The highest BCUT2D eigenvalue weighted by Crippen LogP contribution is 2.50. The van der Waals surface area contributed by atoms with E-state index in [2.05, 4.69) is 171 Å². The highest BCUT2D eigenvalue weighted by molar-refractivity contribution is 7.25. The van der Waals surface area contributed by atoms with Crippen molar-refractivity contribution in [2.45, 2.75) is 25.3 Å². The number of fused-ring (bicyclic) bond motifs is 9. The minimum atomic E-state index is -0.0476. The molecule has 0 saturated heterocycles. The van der Waals surface area contributed by atoms with Gasteiger partial charge in [-0.15, -0.1) is 11.3 Å². The number of pyridine rings is 1. The summed E-state index contributed by atoms with van der Waals surface area (Å²) in [5.41, 5.74) is 14.7. The van der Waals surface area contributed by atoms with E-state index >= 15 is 0 Å². The van der Waals surface area contributed by atoms with Crippen molar-refractivity contribution >= 4 is 54.2 Å². The van der Waals surface area contributed by atoms with Crippen molar-refractivity contribution in [2.24, 2.45) is 0 Å². The van der Waals surface area contributed by atoms with Gasteiger partial charge >= 0.3 is 0 Å². The molecule has 3 heteroatoms. The number of likely N-dealkylation sites (N-methyl/N-ethyl adjacent to an activating group) is 1. The number of rotatable bonds is 3. The third kappa shape index (κ3) is 4.29. The maximum absolute atomic E-state index is 5.40. The van der Waals surface area contributed by atoms with Crippen LogP contribution in [0.5, 0.6) is 0 Å². The number of benzene rings is 6. The fraction of sp³-hybridized carbons (Fsp3) is 0.109. The molecule has 10 rings (SSSR count). The summed E-state index contributed by atoms with van der Waals surface area (Å²) < 4.78 is 2.67. The SMILES string of the molecule is CN1c2c(ccc3ccc(-c4ccc5c(c4)C(C)(C)c4ccccc4-5)nc23)C=CC1c1cccc(-c2ccc3sc4ccccc4c3c2)c1. The molecule has 8 aromatic rings. The van der Waals surface area contributed by atoms with E-state index in [1.807, 2.05) is 11.3 Å². The number of hydrogen-bond acceptors (Lipinski definition) is 3. The van der Waals surface area contributed by atoms with E-state index in [4.69, 9.17) is 4.98 Å². The third-order valence-electron chi connectivity index (χ3n) is 10.9. The zero-order chi connectivity index (χ0) is 32.9. The fourth-order valence-electron chi connectivity index (χ4n) is 8.32. The van der Waals surface area contributed by atoms with Crippen LogP contribution in [-0.4, -0.2) is 12.0 Å². The van der Waals surface area contributed by atoms with Gasteiger partial charge in [-0.05, 0) is 80.9 Å². The molecule has 1 aliphatic heterocycles. The maximum Gasteiger partial charge on any atom is 0.0949 e. The van der Waals surface area contributed by atoms with Crippen molar-refractivity contribution < 1.29 is 0 Å². The summed E-state index contributed by atoms with van der Waals surface area (Å²) in [7, 11) is 2.21. The predicted molar refractivity (Wildman–Crippen MR) is 210 cm³/mol.